The predicted molar refractivity (Wildman–Crippen MR) is 86.4 cm³/mol. The molecule has 0 saturated heterocycles. The molecule has 4 nitrogen and oxygen atoms in total. The molecule has 116 valence electrons. The third kappa shape index (κ3) is 4.00. The molecule has 0 saturated carbocycles. The third-order valence-electron chi connectivity index (χ3n) is 3.34. The van der Waals surface area contributed by atoms with Gasteiger partial charge in [-0.2, -0.15) is 0 Å². The van der Waals surface area contributed by atoms with E-state index in [1.807, 2.05) is 0 Å². The molecule has 1 amide bonds. The Labute approximate surface area is 134 Å². The summed E-state index contributed by atoms with van der Waals surface area (Å²) < 4.78 is 5.13. The number of amides is 1. The summed E-state index contributed by atoms with van der Waals surface area (Å²) in [5, 5.41) is 10.8. The van der Waals surface area contributed by atoms with Crippen molar-refractivity contribution < 1.29 is 14.6 Å². The Kier molecular flexibility index (Phi) is 5.41. The zero-order valence-corrected chi connectivity index (χ0v) is 13.2. The first kappa shape index (κ1) is 16.3. The number of rotatable bonds is 5. The molecule has 0 aliphatic rings. The minimum absolute atomic E-state index is 0.179. The molecule has 22 heavy (non-hydrogen) atoms. The predicted octanol–water partition coefficient (Wildman–Crippen LogP) is 3.15. The molecule has 0 aliphatic heterocycles. The lowest BCUT2D eigenvalue weighted by Crippen LogP contribution is -2.31. The SMILES string of the molecule is COc1cccc(C(O)CN(C)C(=O)c2cccc(Cl)c2)c1. The van der Waals surface area contributed by atoms with Gasteiger partial charge in [-0.25, -0.2) is 0 Å². The zero-order chi connectivity index (χ0) is 16.1. The van der Waals surface area contributed by atoms with Crippen molar-refractivity contribution in [3.63, 3.8) is 0 Å². The molecule has 0 heterocycles. The molecule has 1 atom stereocenters. The molecule has 2 aromatic rings. The summed E-state index contributed by atoms with van der Waals surface area (Å²) >= 11 is 5.89. The van der Waals surface area contributed by atoms with Crippen molar-refractivity contribution in [1.82, 2.24) is 4.90 Å². The second kappa shape index (κ2) is 7.29. The van der Waals surface area contributed by atoms with Gasteiger partial charge in [-0.3, -0.25) is 4.79 Å². The summed E-state index contributed by atoms with van der Waals surface area (Å²) in [6.45, 7) is 0.179. The Morgan fingerprint density at radius 2 is 2.00 bits per heavy atom. The van der Waals surface area contributed by atoms with Crippen LogP contribution in [0.25, 0.3) is 0 Å². The first-order valence-corrected chi connectivity index (χ1v) is 7.22. The van der Waals surface area contributed by atoms with E-state index in [1.54, 1.807) is 62.7 Å². The van der Waals surface area contributed by atoms with Crippen molar-refractivity contribution in [3.8, 4) is 5.75 Å². The smallest absolute Gasteiger partial charge is 0.253 e. The molecular weight excluding hydrogens is 302 g/mol. The van der Waals surface area contributed by atoms with Crippen LogP contribution in [0.15, 0.2) is 48.5 Å². The number of likely N-dealkylation sites (N-methyl/N-ethyl adjacent to an activating group) is 1. The number of halogens is 1. The van der Waals surface area contributed by atoms with Gasteiger partial charge >= 0.3 is 0 Å². The van der Waals surface area contributed by atoms with Crippen LogP contribution < -0.4 is 4.74 Å². The number of aliphatic hydroxyl groups is 1. The molecule has 0 aromatic heterocycles. The average molecular weight is 320 g/mol. The van der Waals surface area contributed by atoms with Crippen LogP contribution in [-0.4, -0.2) is 36.6 Å². The van der Waals surface area contributed by atoms with E-state index in [0.29, 0.717) is 21.9 Å². The summed E-state index contributed by atoms with van der Waals surface area (Å²) in [6, 6.07) is 13.9. The first-order chi connectivity index (χ1) is 10.5. The van der Waals surface area contributed by atoms with E-state index in [9.17, 15) is 9.90 Å². The van der Waals surface area contributed by atoms with Crippen LogP contribution >= 0.6 is 11.6 Å². The van der Waals surface area contributed by atoms with Crippen LogP contribution in [0, 0.1) is 0 Å². The van der Waals surface area contributed by atoms with E-state index in [1.165, 1.54) is 4.90 Å². The third-order valence-corrected chi connectivity index (χ3v) is 3.58. The quantitative estimate of drug-likeness (QED) is 0.921. The molecule has 0 aliphatic carbocycles. The number of aliphatic hydroxyl groups excluding tert-OH is 1. The molecule has 2 aromatic carbocycles. The second-order valence-corrected chi connectivity index (χ2v) is 5.42. The van der Waals surface area contributed by atoms with Gasteiger partial charge in [-0.15, -0.1) is 0 Å². The van der Waals surface area contributed by atoms with Gasteiger partial charge in [0, 0.05) is 17.6 Å². The van der Waals surface area contributed by atoms with E-state index in [0.717, 1.165) is 0 Å². The number of hydrogen-bond donors (Lipinski definition) is 1. The van der Waals surface area contributed by atoms with Crippen molar-refractivity contribution in [3.05, 3.63) is 64.7 Å². The molecule has 1 N–H and O–H groups in total. The number of ether oxygens (including phenoxy) is 1. The Morgan fingerprint density at radius 3 is 2.68 bits per heavy atom. The van der Waals surface area contributed by atoms with Gasteiger partial charge in [0.25, 0.3) is 5.91 Å². The molecule has 0 bridgehead atoms. The fourth-order valence-corrected chi connectivity index (χ4v) is 2.33. The van der Waals surface area contributed by atoms with Crippen LogP contribution in [0.1, 0.15) is 22.0 Å². The maximum absolute atomic E-state index is 12.3. The summed E-state index contributed by atoms with van der Waals surface area (Å²) in [5.41, 5.74) is 1.19. The van der Waals surface area contributed by atoms with E-state index >= 15 is 0 Å². The summed E-state index contributed by atoms with van der Waals surface area (Å²) in [6.07, 6.45) is -0.789. The summed E-state index contributed by atoms with van der Waals surface area (Å²) in [5.74, 6) is 0.477. The number of benzene rings is 2. The Bertz CT molecular complexity index is 660. The first-order valence-electron chi connectivity index (χ1n) is 6.84. The topological polar surface area (TPSA) is 49.8 Å². The number of carbonyl (C=O) groups is 1. The van der Waals surface area contributed by atoms with Gasteiger partial charge < -0.3 is 14.7 Å². The van der Waals surface area contributed by atoms with Gasteiger partial charge in [0.05, 0.1) is 19.8 Å². The lowest BCUT2D eigenvalue weighted by atomic mass is 10.1. The zero-order valence-electron chi connectivity index (χ0n) is 12.5. The number of hydrogen-bond acceptors (Lipinski definition) is 3. The Morgan fingerprint density at radius 1 is 1.27 bits per heavy atom. The van der Waals surface area contributed by atoms with Gasteiger partial charge in [0.2, 0.25) is 0 Å². The number of nitrogens with zero attached hydrogens (tertiary/aromatic N) is 1. The van der Waals surface area contributed by atoms with Crippen LogP contribution in [0.3, 0.4) is 0 Å². The normalized spacial score (nSPS) is 11.8. The van der Waals surface area contributed by atoms with E-state index in [4.69, 9.17) is 16.3 Å². The fourth-order valence-electron chi connectivity index (χ4n) is 2.14. The lowest BCUT2D eigenvalue weighted by molar-refractivity contribution is 0.0681. The minimum Gasteiger partial charge on any atom is -0.497 e. The lowest BCUT2D eigenvalue weighted by Gasteiger charge is -2.21. The van der Waals surface area contributed by atoms with Gasteiger partial charge in [-0.05, 0) is 35.9 Å². The highest BCUT2D eigenvalue weighted by Crippen LogP contribution is 2.20. The summed E-state index contributed by atoms with van der Waals surface area (Å²) in [4.78, 5) is 13.8. The van der Waals surface area contributed by atoms with Crippen LogP contribution in [-0.2, 0) is 0 Å². The standard InChI is InChI=1S/C17H18ClNO3/c1-19(17(21)13-6-3-7-14(18)9-13)11-16(20)12-5-4-8-15(10-12)22-2/h3-10,16,20H,11H2,1-2H3. The molecule has 0 spiro atoms. The molecule has 0 radical (unpaired) electrons. The van der Waals surface area contributed by atoms with Crippen molar-refractivity contribution in [2.24, 2.45) is 0 Å². The van der Waals surface area contributed by atoms with E-state index in [-0.39, 0.29) is 12.5 Å². The minimum atomic E-state index is -0.789. The fraction of sp³-hybridized carbons (Fsp3) is 0.235. The van der Waals surface area contributed by atoms with Gasteiger partial charge in [0.15, 0.2) is 0 Å². The Hall–Kier alpha value is -2.04. The van der Waals surface area contributed by atoms with Crippen LogP contribution in [0.2, 0.25) is 5.02 Å². The maximum atomic E-state index is 12.3. The Balaban J connectivity index is 2.07. The largest absolute Gasteiger partial charge is 0.497 e. The highest BCUT2D eigenvalue weighted by molar-refractivity contribution is 6.30. The van der Waals surface area contributed by atoms with Gasteiger partial charge in [-0.1, -0.05) is 29.8 Å². The molecule has 1 unspecified atom stereocenters. The average Bonchev–Trinajstić information content (AvgIpc) is 2.54. The van der Waals surface area contributed by atoms with Gasteiger partial charge in [0.1, 0.15) is 5.75 Å². The molecule has 2 rings (SSSR count). The van der Waals surface area contributed by atoms with Crippen LogP contribution in [0.4, 0.5) is 0 Å². The number of carbonyl (C=O) groups excluding carboxylic acids is 1. The van der Waals surface area contributed by atoms with Crippen molar-refractivity contribution in [1.29, 1.82) is 0 Å². The number of methoxy groups -OCH3 is 1. The highest BCUT2D eigenvalue weighted by atomic mass is 35.5. The summed E-state index contributed by atoms with van der Waals surface area (Å²) in [7, 11) is 3.22. The molecule has 0 fully saturated rings. The van der Waals surface area contributed by atoms with Crippen molar-refractivity contribution >= 4 is 17.5 Å². The molecular formula is C17H18ClNO3. The molecule has 5 heteroatoms. The van der Waals surface area contributed by atoms with E-state index < -0.39 is 6.10 Å². The second-order valence-electron chi connectivity index (χ2n) is 4.99. The van der Waals surface area contributed by atoms with E-state index in [2.05, 4.69) is 0 Å². The highest BCUT2D eigenvalue weighted by Gasteiger charge is 2.17. The van der Waals surface area contributed by atoms with Crippen molar-refractivity contribution in [2.75, 3.05) is 20.7 Å². The van der Waals surface area contributed by atoms with Crippen LogP contribution in [0.5, 0.6) is 5.75 Å². The van der Waals surface area contributed by atoms with Crippen molar-refractivity contribution in [2.45, 2.75) is 6.10 Å². The maximum Gasteiger partial charge on any atom is 0.253 e. The monoisotopic (exact) mass is 319 g/mol.